The number of hydrogen-bond acceptors (Lipinski definition) is 9. The van der Waals surface area contributed by atoms with Crippen LogP contribution in [0.3, 0.4) is 0 Å². The van der Waals surface area contributed by atoms with Gasteiger partial charge < -0.3 is 10.2 Å². The van der Waals surface area contributed by atoms with Gasteiger partial charge in [0.05, 0.1) is 12.1 Å². The molecule has 2 bridgehead atoms. The molecule has 4 aliphatic rings. The van der Waals surface area contributed by atoms with Crippen LogP contribution in [0.4, 0.5) is 17.5 Å². The third-order valence-corrected chi connectivity index (χ3v) is 9.02. The molecule has 4 aromatic heterocycles. The first-order chi connectivity index (χ1) is 19.2. The Bertz CT molecular complexity index is 1640. The van der Waals surface area contributed by atoms with Crippen LogP contribution in [0.1, 0.15) is 40.8 Å². The van der Waals surface area contributed by atoms with Crippen molar-refractivity contribution in [2.24, 2.45) is 0 Å². The van der Waals surface area contributed by atoms with E-state index in [2.05, 4.69) is 55.4 Å². The lowest BCUT2D eigenvalue weighted by Gasteiger charge is -2.56. The lowest BCUT2D eigenvalue weighted by atomic mass is 9.87. The molecular formula is C29H29N9S. The van der Waals surface area contributed by atoms with Gasteiger partial charge in [0.25, 0.3) is 0 Å². The molecule has 0 radical (unpaired) electrons. The number of para-hydroxylation sites is 1. The highest BCUT2D eigenvalue weighted by Crippen LogP contribution is 2.40. The summed E-state index contributed by atoms with van der Waals surface area (Å²) >= 11 is 1.81. The molecule has 2 unspecified atom stereocenters. The van der Waals surface area contributed by atoms with E-state index >= 15 is 0 Å². The van der Waals surface area contributed by atoms with E-state index in [0.717, 1.165) is 53.6 Å². The Morgan fingerprint density at radius 2 is 1.90 bits per heavy atom. The summed E-state index contributed by atoms with van der Waals surface area (Å²) < 4.78 is 0. The Morgan fingerprint density at radius 1 is 1.03 bits per heavy atom. The number of nitrogens with one attached hydrogen (secondary N) is 2. The number of nitrogens with zero attached hydrogens (tertiary/aromatic N) is 7. The van der Waals surface area contributed by atoms with Crippen molar-refractivity contribution in [3.8, 4) is 11.4 Å². The maximum Gasteiger partial charge on any atom is 0.163 e. The quantitative estimate of drug-likeness (QED) is 0.291. The molecule has 2 N–H and O–H groups in total. The van der Waals surface area contributed by atoms with E-state index in [-0.39, 0.29) is 0 Å². The summed E-state index contributed by atoms with van der Waals surface area (Å²) in [5, 5.41) is 13.2. The molecule has 10 heteroatoms. The lowest BCUT2D eigenvalue weighted by molar-refractivity contribution is -0.00872. The van der Waals surface area contributed by atoms with Crippen LogP contribution in [-0.2, 0) is 6.54 Å². The fraction of sp³-hybridized carbons (Fsp3) is 0.345. The average Bonchev–Trinajstić information content (AvgIpc) is 3.58. The van der Waals surface area contributed by atoms with Gasteiger partial charge in [-0.2, -0.15) is 5.10 Å². The first-order valence-corrected chi connectivity index (χ1v) is 14.5. The van der Waals surface area contributed by atoms with Crippen LogP contribution in [0.25, 0.3) is 22.3 Å². The summed E-state index contributed by atoms with van der Waals surface area (Å²) in [5.41, 5.74) is 2.97. The molecule has 1 aromatic carbocycles. The van der Waals surface area contributed by atoms with Crippen molar-refractivity contribution in [1.82, 2.24) is 35.0 Å². The number of fused-ring (bicyclic) bond motifs is 3. The third kappa shape index (κ3) is 4.33. The van der Waals surface area contributed by atoms with Crippen LogP contribution >= 0.6 is 11.3 Å². The zero-order valence-electron chi connectivity index (χ0n) is 21.7. The molecule has 3 aliphatic heterocycles. The average molecular weight is 536 g/mol. The van der Waals surface area contributed by atoms with Gasteiger partial charge in [-0.25, -0.2) is 19.9 Å². The number of aromatic amines is 1. The largest absolute Gasteiger partial charge is 0.353 e. The molecule has 196 valence electrons. The molecule has 39 heavy (non-hydrogen) atoms. The number of aromatic nitrogens is 6. The van der Waals surface area contributed by atoms with Crippen LogP contribution in [0, 0.1) is 6.92 Å². The molecule has 1 saturated carbocycles. The summed E-state index contributed by atoms with van der Waals surface area (Å²) in [6.45, 7) is 5.09. The Balaban J connectivity index is 1.01. The second-order valence-corrected chi connectivity index (χ2v) is 12.2. The number of aryl methyl sites for hydroxylation is 1. The molecule has 0 amide bonds. The maximum atomic E-state index is 4.91. The Kier molecular flexibility index (Phi) is 5.37. The van der Waals surface area contributed by atoms with Crippen LogP contribution in [0.15, 0.2) is 54.9 Å². The Hall–Kier alpha value is -3.89. The van der Waals surface area contributed by atoms with Gasteiger partial charge in [-0.05, 0) is 50.5 Å². The van der Waals surface area contributed by atoms with Gasteiger partial charge in [-0.1, -0.05) is 12.1 Å². The first kappa shape index (κ1) is 23.0. The molecule has 3 saturated heterocycles. The van der Waals surface area contributed by atoms with Gasteiger partial charge in [0.15, 0.2) is 11.6 Å². The number of piperidine rings is 1. The van der Waals surface area contributed by atoms with Gasteiger partial charge in [0.1, 0.15) is 16.6 Å². The van der Waals surface area contributed by atoms with Crippen molar-refractivity contribution >= 4 is 39.7 Å². The van der Waals surface area contributed by atoms with Crippen LogP contribution in [0.5, 0.6) is 0 Å². The summed E-state index contributed by atoms with van der Waals surface area (Å²) in [7, 11) is 0. The standard InChI is InChI=1S/C29H29N9S/c1-17-12-31-27(39-17)16-38-20-10-21(38)15-37(14-20)26-9-8-19(13-30-26)28-32-23-5-3-2-4-22(23)29(34-28)33-25-11-24(35-36-25)18-6-7-18/h2-5,8-9,11-13,18,20-21H,6-7,10,14-16H2,1H3,(H2,32,33,34,35,36). The second kappa shape index (κ2) is 9.10. The molecule has 9 rings (SSSR count). The minimum Gasteiger partial charge on any atom is -0.353 e. The monoisotopic (exact) mass is 535 g/mol. The number of benzene rings is 1. The normalized spacial score (nSPS) is 20.8. The first-order valence-electron chi connectivity index (χ1n) is 13.6. The predicted octanol–water partition coefficient (Wildman–Crippen LogP) is 5.26. The molecule has 5 aromatic rings. The zero-order valence-corrected chi connectivity index (χ0v) is 22.5. The van der Waals surface area contributed by atoms with Crippen molar-refractivity contribution in [2.45, 2.75) is 50.7 Å². The number of pyridine rings is 1. The number of piperazine rings is 1. The summed E-state index contributed by atoms with van der Waals surface area (Å²) in [5.74, 6) is 3.82. The molecular weight excluding hydrogens is 506 g/mol. The van der Waals surface area contributed by atoms with E-state index in [1.165, 1.54) is 34.8 Å². The highest BCUT2D eigenvalue weighted by molar-refractivity contribution is 7.11. The van der Waals surface area contributed by atoms with Gasteiger partial charge >= 0.3 is 0 Å². The minimum absolute atomic E-state index is 0.564. The van der Waals surface area contributed by atoms with Crippen molar-refractivity contribution in [3.63, 3.8) is 0 Å². The summed E-state index contributed by atoms with van der Waals surface area (Å²) in [6.07, 6.45) is 7.61. The number of rotatable bonds is 7. The van der Waals surface area contributed by atoms with Crippen LogP contribution in [0.2, 0.25) is 0 Å². The molecule has 0 spiro atoms. The van der Waals surface area contributed by atoms with Crippen molar-refractivity contribution in [1.29, 1.82) is 0 Å². The van der Waals surface area contributed by atoms with Crippen LogP contribution < -0.4 is 10.2 Å². The highest BCUT2D eigenvalue weighted by Gasteiger charge is 2.45. The minimum atomic E-state index is 0.564. The van der Waals surface area contributed by atoms with Gasteiger partial charge in [-0.3, -0.25) is 10.00 Å². The fourth-order valence-electron chi connectivity index (χ4n) is 5.89. The molecule has 7 heterocycles. The lowest BCUT2D eigenvalue weighted by Crippen LogP contribution is -2.68. The SMILES string of the molecule is Cc1cnc(CN2C3CC2CN(c2ccc(-c4nc(Nc5cc(C6CC6)[nH]n5)c5ccccc5n4)cn2)C3)s1. The predicted molar refractivity (Wildman–Crippen MR) is 153 cm³/mol. The van der Waals surface area contributed by atoms with Crippen LogP contribution in [-0.4, -0.2) is 60.2 Å². The van der Waals surface area contributed by atoms with E-state index in [1.54, 1.807) is 11.3 Å². The summed E-state index contributed by atoms with van der Waals surface area (Å²) in [6, 6.07) is 15.5. The van der Waals surface area contributed by atoms with E-state index in [1.807, 2.05) is 36.7 Å². The molecule has 1 aliphatic carbocycles. The van der Waals surface area contributed by atoms with Crippen molar-refractivity contribution in [2.75, 3.05) is 23.3 Å². The molecule has 2 atom stereocenters. The Labute approximate surface area is 230 Å². The van der Waals surface area contributed by atoms with Crippen molar-refractivity contribution in [3.05, 3.63) is 70.4 Å². The number of hydrogen-bond donors (Lipinski definition) is 2. The van der Waals surface area contributed by atoms with E-state index in [9.17, 15) is 0 Å². The highest BCUT2D eigenvalue weighted by atomic mass is 32.1. The maximum absolute atomic E-state index is 4.91. The Morgan fingerprint density at radius 3 is 2.67 bits per heavy atom. The number of H-pyrrole nitrogens is 1. The number of thiazole rings is 1. The fourth-order valence-corrected chi connectivity index (χ4v) is 6.69. The van der Waals surface area contributed by atoms with Gasteiger partial charge in [0, 0.05) is 71.1 Å². The smallest absolute Gasteiger partial charge is 0.163 e. The number of anilines is 3. The zero-order chi connectivity index (χ0) is 25.9. The molecule has 9 nitrogen and oxygen atoms in total. The van der Waals surface area contributed by atoms with E-state index < -0.39 is 0 Å². The second-order valence-electron chi connectivity index (χ2n) is 10.9. The summed E-state index contributed by atoms with van der Waals surface area (Å²) in [4.78, 5) is 25.5. The topological polar surface area (TPSA) is 98.8 Å². The van der Waals surface area contributed by atoms with E-state index in [4.69, 9.17) is 15.0 Å². The third-order valence-electron chi connectivity index (χ3n) is 8.13. The van der Waals surface area contributed by atoms with Crippen molar-refractivity contribution < 1.29 is 0 Å². The molecule has 4 fully saturated rings. The van der Waals surface area contributed by atoms with Gasteiger partial charge in [-0.15, -0.1) is 11.3 Å². The van der Waals surface area contributed by atoms with E-state index in [0.29, 0.717) is 23.8 Å². The van der Waals surface area contributed by atoms with Gasteiger partial charge in [0.2, 0.25) is 0 Å².